The van der Waals surface area contributed by atoms with E-state index in [0.29, 0.717) is 13.0 Å². The highest BCUT2D eigenvalue weighted by molar-refractivity contribution is 9.09. The molecule has 1 aliphatic rings. The zero-order chi connectivity index (χ0) is 10.0. The second-order valence-corrected chi connectivity index (χ2v) is 3.54. The molecule has 1 N–H and O–H groups in total. The second kappa shape index (κ2) is 3.69. The Morgan fingerprint density at radius 1 is 1.46 bits per heavy atom. The molecule has 0 bridgehead atoms. The van der Waals surface area contributed by atoms with Gasteiger partial charge < -0.3 is 5.32 Å². The van der Waals surface area contributed by atoms with Crippen molar-refractivity contribution >= 4 is 15.9 Å². The van der Waals surface area contributed by atoms with Crippen molar-refractivity contribution in [3.63, 3.8) is 0 Å². The van der Waals surface area contributed by atoms with E-state index in [1.165, 1.54) is 0 Å². The molecule has 0 aliphatic carbocycles. The van der Waals surface area contributed by atoms with Crippen molar-refractivity contribution in [3.05, 3.63) is 31.7 Å². The lowest BCUT2D eigenvalue weighted by atomic mass is 10.3. The summed E-state index contributed by atoms with van der Waals surface area (Å²) in [4.78, 5) is 18.3. The van der Waals surface area contributed by atoms with Gasteiger partial charge in [-0.3, -0.25) is 20.2 Å². The summed E-state index contributed by atoms with van der Waals surface area (Å²) in [6, 6.07) is 0. The van der Waals surface area contributed by atoms with Gasteiger partial charge in [0, 0.05) is 6.54 Å². The molecule has 8 heteroatoms. The summed E-state index contributed by atoms with van der Waals surface area (Å²) in [6.07, 6.45) is 0.612. The largest absolute Gasteiger partial charge is 0.579 e. The molecule has 0 aromatic heterocycles. The van der Waals surface area contributed by atoms with E-state index in [4.69, 9.17) is 0 Å². The van der Waals surface area contributed by atoms with Crippen LogP contribution in [0.4, 0.5) is 0 Å². The number of nitrogens with one attached hydrogen (secondary N) is 1. The predicted octanol–water partition coefficient (Wildman–Crippen LogP) is 0.466. The standard InChI is InChI=1S/C5H6BrN3O4/c6-3-1-2-7-4(3)5(8(10)11)9(12)13/h3,7H,1-2H2. The lowest BCUT2D eigenvalue weighted by Gasteiger charge is -1.98. The third kappa shape index (κ3) is 1.94. The fourth-order valence-electron chi connectivity index (χ4n) is 1.07. The van der Waals surface area contributed by atoms with Crippen LogP contribution >= 0.6 is 15.9 Å². The van der Waals surface area contributed by atoms with E-state index >= 15 is 0 Å². The molecule has 0 radical (unpaired) electrons. The van der Waals surface area contributed by atoms with Crippen molar-refractivity contribution in [2.24, 2.45) is 0 Å². The minimum absolute atomic E-state index is 0.0509. The highest BCUT2D eigenvalue weighted by atomic mass is 79.9. The Hall–Kier alpha value is -1.18. The van der Waals surface area contributed by atoms with Crippen molar-refractivity contribution in [2.75, 3.05) is 6.54 Å². The smallest absolute Gasteiger partial charge is 0.376 e. The Morgan fingerprint density at radius 2 is 2.00 bits per heavy atom. The van der Waals surface area contributed by atoms with Gasteiger partial charge in [0.05, 0.1) is 4.83 Å². The maximum absolute atomic E-state index is 10.3. The van der Waals surface area contributed by atoms with Crippen molar-refractivity contribution in [2.45, 2.75) is 11.2 Å². The quantitative estimate of drug-likeness (QED) is 0.437. The minimum Gasteiger partial charge on any atom is -0.376 e. The van der Waals surface area contributed by atoms with Crippen molar-refractivity contribution < 1.29 is 9.85 Å². The zero-order valence-corrected chi connectivity index (χ0v) is 7.98. The first-order valence-corrected chi connectivity index (χ1v) is 4.36. The van der Waals surface area contributed by atoms with Crippen molar-refractivity contribution in [3.8, 4) is 0 Å². The zero-order valence-electron chi connectivity index (χ0n) is 6.40. The van der Waals surface area contributed by atoms with Gasteiger partial charge in [-0.2, -0.15) is 0 Å². The van der Waals surface area contributed by atoms with Crippen LogP contribution in [-0.4, -0.2) is 21.2 Å². The molecule has 72 valence electrons. The number of alkyl halides is 1. The number of rotatable bonds is 2. The second-order valence-electron chi connectivity index (χ2n) is 2.43. The van der Waals surface area contributed by atoms with E-state index in [0.717, 1.165) is 0 Å². The lowest BCUT2D eigenvalue weighted by Crippen LogP contribution is -2.20. The van der Waals surface area contributed by atoms with Gasteiger partial charge in [0.1, 0.15) is 9.85 Å². The predicted molar refractivity (Wildman–Crippen MR) is 46.3 cm³/mol. The SMILES string of the molecule is O=[N+]([O-])C(=C1NCCC1Br)[N+](=O)[O-]. The molecule has 1 unspecified atom stereocenters. The molecule has 0 aromatic rings. The molecule has 0 amide bonds. The summed E-state index contributed by atoms with van der Waals surface area (Å²) in [5, 5.41) is 23.3. The van der Waals surface area contributed by atoms with E-state index < -0.39 is 15.7 Å². The third-order valence-electron chi connectivity index (χ3n) is 1.61. The number of allylic oxidation sites excluding steroid dienone is 1. The number of nitrogens with zero attached hydrogens (tertiary/aromatic N) is 2. The molecule has 1 saturated heterocycles. The van der Waals surface area contributed by atoms with E-state index in [-0.39, 0.29) is 10.5 Å². The molecule has 0 spiro atoms. The van der Waals surface area contributed by atoms with E-state index in [9.17, 15) is 20.2 Å². The van der Waals surface area contributed by atoms with Crippen LogP contribution in [0.1, 0.15) is 6.42 Å². The molecule has 1 aliphatic heterocycles. The molecule has 1 heterocycles. The highest BCUT2D eigenvalue weighted by Gasteiger charge is 2.38. The summed E-state index contributed by atoms with van der Waals surface area (Å²) in [5.41, 5.74) is 0.0509. The summed E-state index contributed by atoms with van der Waals surface area (Å²) < 4.78 is 0. The average molecular weight is 252 g/mol. The number of hydrogen-bond donors (Lipinski definition) is 1. The summed E-state index contributed by atoms with van der Waals surface area (Å²) >= 11 is 3.11. The Labute approximate surface area is 81.2 Å². The van der Waals surface area contributed by atoms with Gasteiger partial charge in [0.2, 0.25) is 0 Å². The van der Waals surface area contributed by atoms with Crippen LogP contribution in [0.25, 0.3) is 0 Å². The van der Waals surface area contributed by atoms with Gasteiger partial charge in [-0.25, -0.2) is 0 Å². The summed E-state index contributed by atoms with van der Waals surface area (Å²) in [5.74, 6) is -0.973. The topological polar surface area (TPSA) is 98.3 Å². The molecule has 1 rings (SSSR count). The Bertz CT molecular complexity index is 274. The maximum atomic E-state index is 10.3. The monoisotopic (exact) mass is 251 g/mol. The fourth-order valence-corrected chi connectivity index (χ4v) is 1.67. The van der Waals surface area contributed by atoms with Crippen LogP contribution in [0.3, 0.4) is 0 Å². The van der Waals surface area contributed by atoms with Crippen LogP contribution in [0, 0.1) is 20.2 Å². The van der Waals surface area contributed by atoms with Gasteiger partial charge in [0.15, 0.2) is 5.70 Å². The van der Waals surface area contributed by atoms with Crippen molar-refractivity contribution in [1.29, 1.82) is 0 Å². The number of nitro groups is 2. The van der Waals surface area contributed by atoms with Gasteiger partial charge in [-0.15, -0.1) is 0 Å². The van der Waals surface area contributed by atoms with Crippen LogP contribution < -0.4 is 5.32 Å². The Balaban J connectivity index is 3.08. The maximum Gasteiger partial charge on any atom is 0.579 e. The Kier molecular flexibility index (Phi) is 2.81. The van der Waals surface area contributed by atoms with Crippen molar-refractivity contribution in [1.82, 2.24) is 5.32 Å². The molecule has 0 saturated carbocycles. The van der Waals surface area contributed by atoms with E-state index in [1.807, 2.05) is 0 Å². The van der Waals surface area contributed by atoms with Gasteiger partial charge in [-0.05, 0) is 6.42 Å². The average Bonchev–Trinajstić information content (AvgIpc) is 2.35. The number of hydrogen-bond acceptors (Lipinski definition) is 5. The molecule has 1 atom stereocenters. The van der Waals surface area contributed by atoms with E-state index in [2.05, 4.69) is 21.2 Å². The third-order valence-corrected chi connectivity index (χ3v) is 2.53. The molecular formula is C5H6BrN3O4. The molecular weight excluding hydrogens is 246 g/mol. The first-order valence-electron chi connectivity index (χ1n) is 3.45. The summed E-state index contributed by atoms with van der Waals surface area (Å²) in [6.45, 7) is 0.510. The highest BCUT2D eigenvalue weighted by Crippen LogP contribution is 2.22. The number of halogens is 1. The summed E-state index contributed by atoms with van der Waals surface area (Å²) in [7, 11) is 0. The molecule has 7 nitrogen and oxygen atoms in total. The molecule has 0 aromatic carbocycles. The Morgan fingerprint density at radius 3 is 2.31 bits per heavy atom. The first-order chi connectivity index (χ1) is 6.04. The minimum atomic E-state index is -0.984. The fraction of sp³-hybridized carbons (Fsp3) is 0.600. The van der Waals surface area contributed by atoms with Crippen LogP contribution in [0.5, 0.6) is 0 Å². The normalized spacial score (nSPS) is 21.0. The molecule has 1 fully saturated rings. The van der Waals surface area contributed by atoms with Crippen LogP contribution in [-0.2, 0) is 0 Å². The van der Waals surface area contributed by atoms with Gasteiger partial charge in [-0.1, -0.05) is 15.9 Å². The van der Waals surface area contributed by atoms with Gasteiger partial charge >= 0.3 is 5.82 Å². The van der Waals surface area contributed by atoms with Crippen LogP contribution in [0.15, 0.2) is 11.5 Å². The molecule has 13 heavy (non-hydrogen) atoms. The van der Waals surface area contributed by atoms with Gasteiger partial charge in [0.25, 0.3) is 0 Å². The lowest BCUT2D eigenvalue weighted by molar-refractivity contribution is -0.617. The van der Waals surface area contributed by atoms with E-state index in [1.54, 1.807) is 0 Å². The van der Waals surface area contributed by atoms with Crippen LogP contribution in [0.2, 0.25) is 0 Å². The first kappa shape index (κ1) is 9.90.